The van der Waals surface area contributed by atoms with Gasteiger partial charge in [0.2, 0.25) is 0 Å². The quantitative estimate of drug-likeness (QED) is 0.879. The van der Waals surface area contributed by atoms with Gasteiger partial charge in [-0.05, 0) is 31.4 Å². The van der Waals surface area contributed by atoms with Crippen molar-refractivity contribution < 1.29 is 4.79 Å². The summed E-state index contributed by atoms with van der Waals surface area (Å²) in [5, 5.41) is 1.45. The summed E-state index contributed by atoms with van der Waals surface area (Å²) >= 11 is 1.62. The Bertz CT molecular complexity index is 717. The number of rotatable bonds is 4. The van der Waals surface area contributed by atoms with Crippen molar-refractivity contribution in [1.29, 1.82) is 0 Å². The topological polar surface area (TPSA) is 44.7 Å². The van der Waals surface area contributed by atoms with Gasteiger partial charge in [0.05, 0.1) is 5.69 Å². The number of benzene rings is 2. The molecule has 4 nitrogen and oxygen atoms in total. The third kappa shape index (κ3) is 2.48. The van der Waals surface area contributed by atoms with Crippen LogP contribution in [0.15, 0.2) is 64.5 Å². The van der Waals surface area contributed by atoms with Gasteiger partial charge in [0.25, 0.3) is 5.91 Å². The van der Waals surface area contributed by atoms with Crippen molar-refractivity contribution in [3.05, 3.63) is 60.2 Å². The van der Waals surface area contributed by atoms with Crippen LogP contribution in [0, 0.1) is 0 Å². The fraction of sp³-hybridized carbons (Fsp3) is 0.176. The number of hydrogen-bond donors (Lipinski definition) is 1. The van der Waals surface area contributed by atoms with Crippen LogP contribution >= 0.6 is 11.8 Å². The molecule has 0 radical (unpaired) electrons. The van der Waals surface area contributed by atoms with Gasteiger partial charge in [-0.25, -0.2) is 5.01 Å². The first-order valence-corrected chi connectivity index (χ1v) is 8.22. The zero-order valence-corrected chi connectivity index (χ0v) is 13.3. The number of thioether (sulfide) groups is 1. The van der Waals surface area contributed by atoms with E-state index in [4.69, 9.17) is 0 Å². The lowest BCUT2D eigenvalue weighted by Gasteiger charge is -2.24. The summed E-state index contributed by atoms with van der Waals surface area (Å²) in [6.45, 7) is 1.85. The molecule has 1 aliphatic heterocycles. The van der Waals surface area contributed by atoms with Crippen LogP contribution in [0.5, 0.6) is 0 Å². The number of anilines is 1. The van der Waals surface area contributed by atoms with Crippen molar-refractivity contribution >= 4 is 29.7 Å². The van der Waals surface area contributed by atoms with Crippen molar-refractivity contribution in [1.82, 2.24) is 5.01 Å². The maximum Gasteiger partial charge on any atom is 0.278 e. The molecule has 112 valence electrons. The molecule has 2 aromatic rings. The van der Waals surface area contributed by atoms with E-state index in [0.29, 0.717) is 0 Å². The number of nitrogens with one attached hydrogen (secondary N) is 1. The highest BCUT2D eigenvalue weighted by Gasteiger charge is 2.43. The molecule has 0 bridgehead atoms. The molecule has 5 heteroatoms. The van der Waals surface area contributed by atoms with Crippen molar-refractivity contribution in [2.45, 2.75) is 17.4 Å². The fourth-order valence-corrected chi connectivity index (χ4v) is 3.18. The van der Waals surface area contributed by atoms with Crippen molar-refractivity contribution in [3.8, 4) is 0 Å². The molecule has 0 fully saturated rings. The van der Waals surface area contributed by atoms with Gasteiger partial charge in [0, 0.05) is 10.5 Å². The minimum absolute atomic E-state index is 0.0853. The molecule has 1 atom stereocenters. The third-order valence-corrected chi connectivity index (χ3v) is 4.52. The van der Waals surface area contributed by atoms with Crippen LogP contribution in [0.25, 0.3) is 0 Å². The Balaban J connectivity index is 1.88. The Kier molecular flexibility index (Phi) is 3.90. The Morgan fingerprint density at radius 3 is 2.50 bits per heavy atom. The summed E-state index contributed by atoms with van der Waals surface area (Å²) in [6.07, 6.45) is 3.57. The summed E-state index contributed by atoms with van der Waals surface area (Å²) in [4.78, 5) is 18.4. The number of hydrogen-bond acceptors (Lipinski definition) is 4. The largest absolute Gasteiger partial charge is 0.290 e. The number of amides is 1. The van der Waals surface area contributed by atoms with Gasteiger partial charge < -0.3 is 0 Å². The van der Waals surface area contributed by atoms with Gasteiger partial charge in [0.1, 0.15) is 6.34 Å². The number of carbonyl (C=O) groups excluding carboxylic acids is 1. The molecule has 0 aromatic heterocycles. The Labute approximate surface area is 134 Å². The van der Waals surface area contributed by atoms with E-state index in [9.17, 15) is 4.79 Å². The van der Waals surface area contributed by atoms with Crippen LogP contribution in [0.2, 0.25) is 0 Å². The van der Waals surface area contributed by atoms with Gasteiger partial charge >= 0.3 is 0 Å². The van der Waals surface area contributed by atoms with Crippen molar-refractivity contribution in [2.75, 3.05) is 11.7 Å². The Morgan fingerprint density at radius 1 is 1.09 bits per heavy atom. The summed E-state index contributed by atoms with van der Waals surface area (Å²) in [5.74, 6) is -0.0853. The third-order valence-electron chi connectivity index (χ3n) is 3.72. The first-order chi connectivity index (χ1) is 10.6. The predicted octanol–water partition coefficient (Wildman–Crippen LogP) is 3.52. The molecule has 0 spiro atoms. The lowest BCUT2D eigenvalue weighted by molar-refractivity contribution is -0.129. The van der Waals surface area contributed by atoms with Crippen molar-refractivity contribution in [2.24, 2.45) is 4.99 Å². The highest BCUT2D eigenvalue weighted by Crippen LogP contribution is 2.36. The van der Waals surface area contributed by atoms with Crippen LogP contribution in [0.3, 0.4) is 0 Å². The summed E-state index contributed by atoms with van der Waals surface area (Å²) in [5.41, 5.74) is 3.98. The summed E-state index contributed by atoms with van der Waals surface area (Å²) in [7, 11) is 0. The molecular weight excluding hydrogens is 294 g/mol. The molecule has 1 N–H and O–H groups in total. The molecule has 1 unspecified atom stereocenters. The molecule has 1 amide bonds. The highest BCUT2D eigenvalue weighted by atomic mass is 32.2. The zero-order valence-electron chi connectivity index (χ0n) is 12.5. The number of carbonyl (C=O) groups is 1. The average Bonchev–Trinajstić information content (AvgIpc) is 2.85. The lowest BCUT2D eigenvalue weighted by Crippen LogP contribution is -2.40. The second kappa shape index (κ2) is 5.85. The van der Waals surface area contributed by atoms with Gasteiger partial charge in [-0.1, -0.05) is 36.4 Å². The van der Waals surface area contributed by atoms with E-state index in [1.165, 1.54) is 5.01 Å². The molecular formula is C17H17N3OS. The predicted molar refractivity (Wildman–Crippen MR) is 91.0 cm³/mol. The van der Waals surface area contributed by atoms with E-state index in [-0.39, 0.29) is 5.91 Å². The standard InChI is InChI=1S/C17H17N3OS/c1-17(14-10-6-7-11-15(14)22-2)16(21)20(12-18-17)19-13-8-4-3-5-9-13/h3-12,19H,1-2H3. The van der Waals surface area contributed by atoms with E-state index in [0.717, 1.165) is 16.1 Å². The van der Waals surface area contributed by atoms with E-state index >= 15 is 0 Å². The van der Waals surface area contributed by atoms with Gasteiger partial charge in [-0.15, -0.1) is 11.8 Å². The second-order valence-electron chi connectivity index (χ2n) is 5.17. The number of hydrazine groups is 1. The summed E-state index contributed by atoms with van der Waals surface area (Å²) in [6, 6.07) is 17.5. The molecule has 1 heterocycles. The Morgan fingerprint density at radius 2 is 1.77 bits per heavy atom. The SMILES string of the molecule is CSc1ccccc1C1(C)N=CN(Nc2ccccc2)C1=O. The molecule has 3 rings (SSSR count). The molecule has 22 heavy (non-hydrogen) atoms. The normalized spacial score (nSPS) is 20.5. The minimum atomic E-state index is -0.888. The smallest absolute Gasteiger partial charge is 0.278 e. The zero-order chi connectivity index (χ0) is 15.6. The molecule has 2 aromatic carbocycles. The van der Waals surface area contributed by atoms with E-state index < -0.39 is 5.54 Å². The molecule has 0 saturated heterocycles. The Hall–Kier alpha value is -2.27. The van der Waals surface area contributed by atoms with Crippen LogP contribution in [-0.2, 0) is 10.3 Å². The lowest BCUT2D eigenvalue weighted by atomic mass is 9.92. The minimum Gasteiger partial charge on any atom is -0.290 e. The molecule has 0 aliphatic carbocycles. The van der Waals surface area contributed by atoms with Crippen LogP contribution < -0.4 is 5.43 Å². The van der Waals surface area contributed by atoms with Crippen LogP contribution in [-0.4, -0.2) is 23.5 Å². The first kappa shape index (κ1) is 14.7. The van der Waals surface area contributed by atoms with Crippen LogP contribution in [0.4, 0.5) is 5.69 Å². The van der Waals surface area contributed by atoms with E-state index in [1.54, 1.807) is 18.1 Å². The van der Waals surface area contributed by atoms with Crippen LogP contribution in [0.1, 0.15) is 12.5 Å². The fourth-order valence-electron chi connectivity index (χ4n) is 2.48. The molecule has 0 saturated carbocycles. The van der Waals surface area contributed by atoms with E-state index in [1.807, 2.05) is 67.8 Å². The maximum atomic E-state index is 12.8. The highest BCUT2D eigenvalue weighted by molar-refractivity contribution is 7.98. The van der Waals surface area contributed by atoms with E-state index in [2.05, 4.69) is 10.4 Å². The van der Waals surface area contributed by atoms with Gasteiger partial charge in [0.15, 0.2) is 5.54 Å². The van der Waals surface area contributed by atoms with Gasteiger partial charge in [-0.3, -0.25) is 15.2 Å². The average molecular weight is 311 g/mol. The number of para-hydroxylation sites is 1. The maximum absolute atomic E-state index is 12.8. The summed E-state index contributed by atoms with van der Waals surface area (Å²) < 4.78 is 0. The number of nitrogens with zero attached hydrogens (tertiary/aromatic N) is 2. The second-order valence-corrected chi connectivity index (χ2v) is 6.02. The number of aliphatic imine (C=N–C) groups is 1. The first-order valence-electron chi connectivity index (χ1n) is 6.99. The van der Waals surface area contributed by atoms with Crippen molar-refractivity contribution in [3.63, 3.8) is 0 Å². The molecule has 1 aliphatic rings. The van der Waals surface area contributed by atoms with Gasteiger partial charge in [-0.2, -0.15) is 0 Å². The monoisotopic (exact) mass is 311 g/mol.